The highest BCUT2D eigenvalue weighted by Crippen LogP contribution is 2.33. The van der Waals surface area contributed by atoms with Crippen LogP contribution in [0.1, 0.15) is 6.42 Å². The summed E-state index contributed by atoms with van der Waals surface area (Å²) in [5, 5.41) is 27.2. The summed E-state index contributed by atoms with van der Waals surface area (Å²) < 4.78 is 5.71. The van der Waals surface area contributed by atoms with Crippen molar-refractivity contribution in [2.75, 3.05) is 6.54 Å². The Kier molecular flexibility index (Phi) is 3.69. The summed E-state index contributed by atoms with van der Waals surface area (Å²) in [6.07, 6.45) is -1.48. The third-order valence-electron chi connectivity index (χ3n) is 2.56. The Hall–Kier alpha value is -1.59. The molecule has 0 aliphatic carbocycles. The third kappa shape index (κ3) is 2.99. The number of rotatable bonds is 3. The number of aliphatic carboxylic acids is 1. The quantitative estimate of drug-likeness (QED) is 0.739. The highest BCUT2D eigenvalue weighted by Gasteiger charge is 2.52. The molecule has 2 N–H and O–H groups in total. The SMILES string of the molecule is C[Si](C)(C)OC1(C#N)C[C@@H](C(=O)O)N(C(=O)O)C1. The number of likely N-dealkylation sites (tertiary alicyclic amines) is 1. The average molecular weight is 272 g/mol. The lowest BCUT2D eigenvalue weighted by Gasteiger charge is -2.29. The molecule has 0 saturated carbocycles. The van der Waals surface area contributed by atoms with Crippen molar-refractivity contribution in [3.05, 3.63) is 0 Å². The van der Waals surface area contributed by atoms with Crippen LogP contribution < -0.4 is 0 Å². The van der Waals surface area contributed by atoms with Crippen LogP contribution in [-0.2, 0) is 9.22 Å². The van der Waals surface area contributed by atoms with Gasteiger partial charge in [-0.1, -0.05) is 0 Å². The molecule has 1 amide bonds. The molecular formula is C10H16N2O5Si. The van der Waals surface area contributed by atoms with Crippen LogP contribution in [0.4, 0.5) is 4.79 Å². The second kappa shape index (κ2) is 4.59. The molecule has 0 aromatic heterocycles. The molecule has 0 bridgehead atoms. The van der Waals surface area contributed by atoms with Gasteiger partial charge in [-0.2, -0.15) is 5.26 Å². The van der Waals surface area contributed by atoms with E-state index in [-0.39, 0.29) is 13.0 Å². The summed E-state index contributed by atoms with van der Waals surface area (Å²) in [5.74, 6) is -1.26. The summed E-state index contributed by atoms with van der Waals surface area (Å²) in [4.78, 5) is 22.8. The average Bonchev–Trinajstić information content (AvgIpc) is 2.56. The van der Waals surface area contributed by atoms with Crippen molar-refractivity contribution in [3.63, 3.8) is 0 Å². The maximum atomic E-state index is 11.0. The van der Waals surface area contributed by atoms with E-state index in [4.69, 9.17) is 14.6 Å². The first-order valence-corrected chi connectivity index (χ1v) is 8.85. The van der Waals surface area contributed by atoms with Gasteiger partial charge in [-0.15, -0.1) is 0 Å². The van der Waals surface area contributed by atoms with E-state index < -0.39 is 32.0 Å². The number of hydrogen-bond acceptors (Lipinski definition) is 4. The maximum Gasteiger partial charge on any atom is 0.408 e. The van der Waals surface area contributed by atoms with Crippen LogP contribution in [-0.4, -0.2) is 53.7 Å². The van der Waals surface area contributed by atoms with Crippen LogP contribution in [0.15, 0.2) is 0 Å². The van der Waals surface area contributed by atoms with Gasteiger partial charge in [0.25, 0.3) is 0 Å². The second-order valence-corrected chi connectivity index (χ2v) is 9.72. The molecule has 7 nitrogen and oxygen atoms in total. The fourth-order valence-electron chi connectivity index (χ4n) is 2.06. The first-order valence-electron chi connectivity index (χ1n) is 5.44. The van der Waals surface area contributed by atoms with Crippen molar-refractivity contribution < 1.29 is 24.2 Å². The van der Waals surface area contributed by atoms with Crippen LogP contribution in [0.25, 0.3) is 0 Å². The summed E-state index contributed by atoms with van der Waals surface area (Å²) in [6.45, 7) is 5.38. The number of hydrogen-bond donors (Lipinski definition) is 2. The summed E-state index contributed by atoms with van der Waals surface area (Å²) in [5.41, 5.74) is -1.34. The first kappa shape index (κ1) is 14.5. The van der Waals surface area contributed by atoms with Crippen molar-refractivity contribution >= 4 is 20.4 Å². The monoisotopic (exact) mass is 272 g/mol. The van der Waals surface area contributed by atoms with Gasteiger partial charge in [-0.05, 0) is 19.6 Å². The smallest absolute Gasteiger partial charge is 0.408 e. The summed E-state index contributed by atoms with van der Waals surface area (Å²) in [6, 6.07) is 0.724. The van der Waals surface area contributed by atoms with Crippen LogP contribution >= 0.6 is 0 Å². The minimum Gasteiger partial charge on any atom is -0.480 e. The standard InChI is InChI=1S/C10H16N2O5Si/c1-18(2,3)17-10(5-11)4-7(8(13)14)12(6-10)9(15)16/h7H,4,6H2,1-3H3,(H,13,14)(H,15,16)/t7-,10?/m0/s1. The topological polar surface area (TPSA) is 111 Å². The Labute approximate surface area is 106 Å². The van der Waals surface area contributed by atoms with E-state index in [1.807, 2.05) is 25.7 Å². The molecule has 0 aromatic carbocycles. The van der Waals surface area contributed by atoms with Crippen LogP contribution in [0.5, 0.6) is 0 Å². The van der Waals surface area contributed by atoms with Gasteiger partial charge in [-0.25, -0.2) is 9.59 Å². The number of carboxylic acid groups (broad SMARTS) is 2. The molecule has 1 heterocycles. The zero-order valence-electron chi connectivity index (χ0n) is 10.5. The summed E-state index contributed by atoms with van der Waals surface area (Å²) >= 11 is 0. The number of amides is 1. The van der Waals surface area contributed by atoms with E-state index in [2.05, 4.69) is 0 Å². The molecule has 0 aromatic rings. The van der Waals surface area contributed by atoms with E-state index in [0.717, 1.165) is 4.90 Å². The Bertz CT molecular complexity index is 389. The Morgan fingerprint density at radius 3 is 2.28 bits per heavy atom. The van der Waals surface area contributed by atoms with Crippen LogP contribution in [0, 0.1) is 11.3 Å². The predicted octanol–water partition coefficient (Wildman–Crippen LogP) is 0.937. The maximum absolute atomic E-state index is 11.0. The normalized spacial score (nSPS) is 27.9. The largest absolute Gasteiger partial charge is 0.480 e. The second-order valence-electron chi connectivity index (χ2n) is 5.29. The van der Waals surface area contributed by atoms with Gasteiger partial charge in [-0.3, -0.25) is 4.90 Å². The fraction of sp³-hybridized carbons (Fsp3) is 0.700. The predicted molar refractivity (Wildman–Crippen MR) is 63.5 cm³/mol. The van der Waals surface area contributed by atoms with Crippen molar-refractivity contribution in [1.29, 1.82) is 5.26 Å². The van der Waals surface area contributed by atoms with Gasteiger partial charge in [0.2, 0.25) is 0 Å². The molecule has 1 aliphatic heterocycles. The van der Waals surface area contributed by atoms with Crippen molar-refractivity contribution in [2.45, 2.75) is 37.7 Å². The first-order chi connectivity index (χ1) is 8.10. The van der Waals surface area contributed by atoms with E-state index in [9.17, 15) is 14.9 Å². The van der Waals surface area contributed by atoms with E-state index in [1.165, 1.54) is 0 Å². The van der Waals surface area contributed by atoms with Crippen LogP contribution in [0.2, 0.25) is 19.6 Å². The third-order valence-corrected chi connectivity index (χ3v) is 3.56. The number of carbonyl (C=O) groups is 2. The lowest BCUT2D eigenvalue weighted by Crippen LogP contribution is -2.44. The molecule has 0 radical (unpaired) electrons. The molecule has 1 fully saturated rings. The number of nitriles is 1. The molecule has 2 atom stereocenters. The molecule has 100 valence electrons. The number of nitrogens with zero attached hydrogens (tertiary/aromatic N) is 2. The lowest BCUT2D eigenvalue weighted by atomic mass is 10.0. The van der Waals surface area contributed by atoms with Crippen LogP contribution in [0.3, 0.4) is 0 Å². The van der Waals surface area contributed by atoms with Crippen molar-refractivity contribution in [2.24, 2.45) is 0 Å². The number of carboxylic acids is 1. The van der Waals surface area contributed by atoms with E-state index in [0.29, 0.717) is 0 Å². The highest BCUT2D eigenvalue weighted by molar-refractivity contribution is 6.69. The van der Waals surface area contributed by atoms with Gasteiger partial charge in [0.05, 0.1) is 12.6 Å². The zero-order chi connectivity index (χ0) is 14.1. The van der Waals surface area contributed by atoms with Crippen molar-refractivity contribution in [3.8, 4) is 6.07 Å². The van der Waals surface area contributed by atoms with E-state index >= 15 is 0 Å². The van der Waals surface area contributed by atoms with E-state index in [1.54, 1.807) is 0 Å². The van der Waals surface area contributed by atoms with Crippen molar-refractivity contribution in [1.82, 2.24) is 4.90 Å². The Morgan fingerprint density at radius 1 is 1.44 bits per heavy atom. The molecule has 1 aliphatic rings. The zero-order valence-corrected chi connectivity index (χ0v) is 11.5. The molecule has 0 spiro atoms. The summed E-state index contributed by atoms with van der Waals surface area (Å²) in [7, 11) is -2.08. The highest BCUT2D eigenvalue weighted by atomic mass is 28.4. The lowest BCUT2D eigenvalue weighted by molar-refractivity contribution is -0.141. The minimum absolute atomic E-state index is 0.130. The van der Waals surface area contributed by atoms with Gasteiger partial charge in [0, 0.05) is 6.42 Å². The Balaban J connectivity index is 3.02. The van der Waals surface area contributed by atoms with Gasteiger partial charge in [0.15, 0.2) is 13.9 Å². The molecule has 1 unspecified atom stereocenters. The molecular weight excluding hydrogens is 256 g/mol. The molecule has 8 heteroatoms. The van der Waals surface area contributed by atoms with Gasteiger partial charge >= 0.3 is 12.1 Å². The molecule has 18 heavy (non-hydrogen) atoms. The van der Waals surface area contributed by atoms with Gasteiger partial charge < -0.3 is 14.6 Å². The minimum atomic E-state index is -2.08. The van der Waals surface area contributed by atoms with Gasteiger partial charge in [0.1, 0.15) is 6.04 Å². The Morgan fingerprint density at radius 2 is 2.00 bits per heavy atom. The molecule has 1 rings (SSSR count). The fourth-order valence-corrected chi connectivity index (χ4v) is 3.42. The molecule has 1 saturated heterocycles.